The summed E-state index contributed by atoms with van der Waals surface area (Å²) >= 11 is 0. The molecule has 0 radical (unpaired) electrons. The van der Waals surface area contributed by atoms with Crippen molar-refractivity contribution in [3.63, 3.8) is 0 Å². The van der Waals surface area contributed by atoms with Gasteiger partial charge in [0.2, 0.25) is 0 Å². The topological polar surface area (TPSA) is 12.0 Å². The van der Waals surface area contributed by atoms with Gasteiger partial charge in [0.25, 0.3) is 5.92 Å². The zero-order valence-corrected chi connectivity index (χ0v) is 7.41. The average molecular weight is 196 g/mol. The number of nitrogens with one attached hydrogen (secondary N) is 1. The van der Waals surface area contributed by atoms with Gasteiger partial charge >= 0.3 is 0 Å². The number of hydrogen-bond acceptors (Lipinski definition) is 1. The first-order valence-electron chi connectivity index (χ1n) is 4.33. The van der Waals surface area contributed by atoms with Gasteiger partial charge in [-0.3, -0.25) is 0 Å². The molecule has 2 saturated heterocycles. The minimum absolute atomic E-state index is 0. The predicted octanol–water partition coefficient (Wildman–Crippen LogP) is 1.81. The second kappa shape index (κ2) is 2.32. The van der Waals surface area contributed by atoms with E-state index in [1.165, 1.54) is 0 Å². The molecule has 0 spiro atoms. The Morgan fingerprint density at radius 3 is 2.75 bits per heavy atom. The van der Waals surface area contributed by atoms with Crippen LogP contribution in [0.2, 0.25) is 0 Å². The normalized spacial score (nSPS) is 52.5. The largest absolute Gasteiger partial charge is 0.311 e. The Balaban J connectivity index is 0.000000563. The van der Waals surface area contributed by atoms with Gasteiger partial charge in [-0.1, -0.05) is 0 Å². The van der Waals surface area contributed by atoms with E-state index < -0.39 is 5.92 Å². The summed E-state index contributed by atoms with van der Waals surface area (Å²) in [6.07, 6.45) is 2.81. The van der Waals surface area contributed by atoms with E-state index in [9.17, 15) is 8.78 Å². The highest BCUT2D eigenvalue weighted by Crippen LogP contribution is 2.63. The summed E-state index contributed by atoms with van der Waals surface area (Å²) in [7, 11) is 0. The number of alkyl halides is 2. The minimum Gasteiger partial charge on any atom is -0.311 e. The van der Waals surface area contributed by atoms with Crippen LogP contribution in [0.25, 0.3) is 0 Å². The molecule has 1 nitrogen and oxygen atoms in total. The lowest BCUT2D eigenvalue weighted by Crippen LogP contribution is -2.35. The fraction of sp³-hybridized carbons (Fsp3) is 1.00. The van der Waals surface area contributed by atoms with Crippen molar-refractivity contribution >= 4 is 12.4 Å². The zero-order valence-electron chi connectivity index (χ0n) is 6.59. The summed E-state index contributed by atoms with van der Waals surface area (Å²) in [4.78, 5) is 0. The van der Waals surface area contributed by atoms with Gasteiger partial charge in [-0.2, -0.15) is 0 Å². The number of piperidine rings is 1. The Hall–Kier alpha value is 0.110. The first kappa shape index (κ1) is 8.70. The molecule has 1 aliphatic carbocycles. The van der Waals surface area contributed by atoms with E-state index in [-0.39, 0.29) is 30.3 Å². The van der Waals surface area contributed by atoms with E-state index >= 15 is 0 Å². The van der Waals surface area contributed by atoms with Crippen molar-refractivity contribution in [3.05, 3.63) is 0 Å². The molecular weight excluding hydrogens is 184 g/mol. The average Bonchev–Trinajstić information content (AvgIpc) is 2.37. The monoisotopic (exact) mass is 195 g/mol. The summed E-state index contributed by atoms with van der Waals surface area (Å²) in [5.74, 6) is -2.88. The van der Waals surface area contributed by atoms with Crippen molar-refractivity contribution in [2.75, 3.05) is 0 Å². The molecule has 2 heterocycles. The Kier molecular flexibility index (Phi) is 1.68. The maximum absolute atomic E-state index is 12.9. The van der Waals surface area contributed by atoms with Crippen LogP contribution in [0, 0.1) is 11.8 Å². The number of hydrogen-bond donors (Lipinski definition) is 1. The standard InChI is InChI=1S/C8H11F2N.ClH/c9-8(10)5-3-4-1-2-6(11-4)7(5)8;/h4-7,11H,1-3H2;1H. The summed E-state index contributed by atoms with van der Waals surface area (Å²) in [5, 5.41) is 3.26. The van der Waals surface area contributed by atoms with Crippen LogP contribution in [0.15, 0.2) is 0 Å². The second-order valence-corrected chi connectivity index (χ2v) is 4.09. The van der Waals surface area contributed by atoms with Crippen LogP contribution in [-0.4, -0.2) is 18.0 Å². The van der Waals surface area contributed by atoms with Crippen molar-refractivity contribution in [1.29, 1.82) is 0 Å². The van der Waals surface area contributed by atoms with E-state index in [1.54, 1.807) is 0 Å². The molecule has 4 heteroatoms. The number of fused-ring (bicyclic) bond motifs is 4. The minimum atomic E-state index is -2.31. The van der Waals surface area contributed by atoms with E-state index in [4.69, 9.17) is 0 Å². The fourth-order valence-electron chi connectivity index (χ4n) is 2.89. The molecule has 4 atom stereocenters. The van der Waals surface area contributed by atoms with Crippen LogP contribution in [-0.2, 0) is 0 Å². The third-order valence-electron chi connectivity index (χ3n) is 3.51. The van der Waals surface area contributed by atoms with E-state index in [0.717, 1.165) is 12.8 Å². The molecule has 1 N–H and O–H groups in total. The summed E-state index contributed by atoms with van der Waals surface area (Å²) in [6, 6.07) is 0.559. The molecular formula is C8H12ClF2N. The van der Waals surface area contributed by atoms with Gasteiger partial charge in [-0.15, -0.1) is 12.4 Å². The summed E-state index contributed by atoms with van der Waals surface area (Å²) in [6.45, 7) is 0. The zero-order chi connectivity index (χ0) is 7.64. The molecule has 0 aromatic rings. The van der Waals surface area contributed by atoms with Gasteiger partial charge in [-0.05, 0) is 19.3 Å². The highest BCUT2D eigenvalue weighted by molar-refractivity contribution is 5.85. The Morgan fingerprint density at radius 1 is 1.25 bits per heavy atom. The third kappa shape index (κ3) is 0.867. The molecule has 70 valence electrons. The van der Waals surface area contributed by atoms with E-state index in [0.29, 0.717) is 12.5 Å². The Bertz CT molecular complexity index is 207. The molecule has 4 unspecified atom stereocenters. The van der Waals surface area contributed by atoms with Gasteiger partial charge in [-0.25, -0.2) is 8.78 Å². The van der Waals surface area contributed by atoms with Crippen LogP contribution in [0.3, 0.4) is 0 Å². The van der Waals surface area contributed by atoms with Crippen molar-refractivity contribution in [3.8, 4) is 0 Å². The van der Waals surface area contributed by atoms with E-state index in [2.05, 4.69) is 5.32 Å². The van der Waals surface area contributed by atoms with Crippen molar-refractivity contribution in [2.24, 2.45) is 11.8 Å². The number of rotatable bonds is 0. The van der Waals surface area contributed by atoms with Crippen LogP contribution in [0.4, 0.5) is 8.78 Å². The van der Waals surface area contributed by atoms with Crippen molar-refractivity contribution in [1.82, 2.24) is 5.32 Å². The summed E-state index contributed by atoms with van der Waals surface area (Å²) in [5.41, 5.74) is 0. The van der Waals surface area contributed by atoms with Gasteiger partial charge in [0.05, 0.1) is 0 Å². The lowest BCUT2D eigenvalue weighted by Gasteiger charge is -2.17. The maximum Gasteiger partial charge on any atom is 0.256 e. The molecule has 3 fully saturated rings. The molecule has 0 aromatic carbocycles. The van der Waals surface area contributed by atoms with Crippen molar-refractivity contribution < 1.29 is 8.78 Å². The molecule has 3 rings (SSSR count). The summed E-state index contributed by atoms with van der Waals surface area (Å²) < 4.78 is 25.8. The van der Waals surface area contributed by atoms with Crippen LogP contribution in [0.5, 0.6) is 0 Å². The molecule has 0 aromatic heterocycles. The highest BCUT2D eigenvalue weighted by Gasteiger charge is 2.73. The van der Waals surface area contributed by atoms with Gasteiger partial charge in [0.15, 0.2) is 0 Å². The van der Waals surface area contributed by atoms with Crippen LogP contribution in [0.1, 0.15) is 19.3 Å². The van der Waals surface area contributed by atoms with Crippen LogP contribution >= 0.6 is 12.4 Å². The first-order valence-corrected chi connectivity index (χ1v) is 4.33. The van der Waals surface area contributed by atoms with E-state index in [1.807, 2.05) is 0 Å². The SMILES string of the molecule is Cl.FC1(F)C2CC3CCC(N3)C21. The molecule has 1 saturated carbocycles. The molecule has 2 bridgehead atoms. The molecule has 3 aliphatic rings. The van der Waals surface area contributed by atoms with Crippen molar-refractivity contribution in [2.45, 2.75) is 37.3 Å². The second-order valence-electron chi connectivity index (χ2n) is 4.09. The molecule has 2 aliphatic heterocycles. The molecule has 12 heavy (non-hydrogen) atoms. The predicted molar refractivity (Wildman–Crippen MR) is 43.7 cm³/mol. The first-order chi connectivity index (χ1) is 5.19. The third-order valence-corrected chi connectivity index (χ3v) is 3.51. The smallest absolute Gasteiger partial charge is 0.256 e. The van der Waals surface area contributed by atoms with Crippen LogP contribution < -0.4 is 5.32 Å². The fourth-order valence-corrected chi connectivity index (χ4v) is 2.89. The highest BCUT2D eigenvalue weighted by atomic mass is 35.5. The van der Waals surface area contributed by atoms with Gasteiger partial charge in [0.1, 0.15) is 0 Å². The quantitative estimate of drug-likeness (QED) is 0.622. The van der Waals surface area contributed by atoms with Gasteiger partial charge in [0, 0.05) is 23.9 Å². The lowest BCUT2D eigenvalue weighted by molar-refractivity contribution is 0.0803. The Labute approximate surface area is 76.3 Å². The lowest BCUT2D eigenvalue weighted by atomic mass is 10.1. The van der Waals surface area contributed by atoms with Gasteiger partial charge < -0.3 is 5.32 Å². The Morgan fingerprint density at radius 2 is 2.00 bits per heavy atom. The number of halogens is 3. The molecule has 0 amide bonds. The maximum atomic E-state index is 12.9.